The van der Waals surface area contributed by atoms with Gasteiger partial charge in [-0.2, -0.15) is 5.26 Å². The molecule has 158 valence electrons. The molecule has 0 saturated carbocycles. The number of carbonyl (C=O) groups is 1. The van der Waals surface area contributed by atoms with Gasteiger partial charge in [0, 0.05) is 11.3 Å². The molecule has 0 bridgehead atoms. The van der Waals surface area contributed by atoms with Gasteiger partial charge in [-0.05, 0) is 61.0 Å². The molecule has 1 aromatic heterocycles. The van der Waals surface area contributed by atoms with Crippen LogP contribution in [0.5, 0.6) is 5.75 Å². The van der Waals surface area contributed by atoms with Crippen molar-refractivity contribution in [3.8, 4) is 11.8 Å². The van der Waals surface area contributed by atoms with Crippen molar-refractivity contribution in [1.82, 2.24) is 9.97 Å². The fraction of sp³-hybridized carbons (Fsp3) is 0.0800. The molecule has 0 aliphatic heterocycles. The van der Waals surface area contributed by atoms with E-state index in [2.05, 4.69) is 21.4 Å². The average Bonchev–Trinajstić information content (AvgIpc) is 3.21. The van der Waals surface area contributed by atoms with E-state index in [1.165, 1.54) is 24.3 Å². The van der Waals surface area contributed by atoms with Crippen LogP contribution in [0.3, 0.4) is 0 Å². The summed E-state index contributed by atoms with van der Waals surface area (Å²) in [5.41, 5.74) is 4.16. The van der Waals surface area contributed by atoms with E-state index in [4.69, 9.17) is 4.74 Å². The van der Waals surface area contributed by atoms with Crippen molar-refractivity contribution in [1.29, 1.82) is 5.26 Å². The summed E-state index contributed by atoms with van der Waals surface area (Å²) in [5.74, 6) is 0.134. The van der Waals surface area contributed by atoms with E-state index < -0.39 is 0 Å². The Morgan fingerprint density at radius 3 is 2.75 bits per heavy atom. The maximum absolute atomic E-state index is 13.0. The lowest BCUT2D eigenvalue weighted by Crippen LogP contribution is -2.20. The first kappa shape index (κ1) is 20.8. The molecule has 0 aliphatic carbocycles. The number of ether oxygens (including phenoxy) is 1. The molecule has 0 aliphatic rings. The Balaban J connectivity index is 1.52. The lowest BCUT2D eigenvalue weighted by molar-refractivity contribution is -0.118. The van der Waals surface area contributed by atoms with Crippen molar-refractivity contribution >= 4 is 34.3 Å². The zero-order chi connectivity index (χ0) is 22.5. The van der Waals surface area contributed by atoms with Crippen LogP contribution in [0.1, 0.15) is 17.0 Å². The van der Waals surface area contributed by atoms with Gasteiger partial charge in [-0.15, -0.1) is 0 Å². The molecule has 2 N–H and O–H groups in total. The molecule has 1 amide bonds. The summed E-state index contributed by atoms with van der Waals surface area (Å²) >= 11 is 0. The minimum absolute atomic E-state index is 0.242. The normalized spacial score (nSPS) is 11.2. The van der Waals surface area contributed by atoms with Crippen LogP contribution < -0.4 is 10.1 Å². The molecule has 0 spiro atoms. The van der Waals surface area contributed by atoms with Crippen LogP contribution in [-0.4, -0.2) is 22.5 Å². The predicted octanol–water partition coefficient (Wildman–Crippen LogP) is 5.09. The zero-order valence-electron chi connectivity index (χ0n) is 17.2. The van der Waals surface area contributed by atoms with E-state index in [1.807, 2.05) is 31.2 Å². The second-order valence-corrected chi connectivity index (χ2v) is 7.16. The number of hydrogen-bond acceptors (Lipinski definition) is 4. The number of aromatic amines is 1. The number of para-hydroxylation sites is 1. The summed E-state index contributed by atoms with van der Waals surface area (Å²) in [7, 11) is 0. The maximum atomic E-state index is 13.0. The summed E-state index contributed by atoms with van der Waals surface area (Å²) in [5, 5.41) is 12.3. The lowest BCUT2D eigenvalue weighted by atomic mass is 10.1. The Morgan fingerprint density at radius 2 is 1.97 bits per heavy atom. The van der Waals surface area contributed by atoms with Crippen molar-refractivity contribution in [2.45, 2.75) is 6.92 Å². The van der Waals surface area contributed by atoms with Gasteiger partial charge < -0.3 is 15.0 Å². The number of aromatic nitrogens is 2. The van der Waals surface area contributed by atoms with E-state index in [9.17, 15) is 14.4 Å². The number of nitrogens with zero attached hydrogens (tertiary/aromatic N) is 2. The number of H-pyrrole nitrogens is 1. The molecule has 0 radical (unpaired) electrons. The Kier molecular flexibility index (Phi) is 5.95. The largest absolute Gasteiger partial charge is 0.483 e. The number of allylic oxidation sites excluding steroid dienone is 1. The Labute approximate surface area is 184 Å². The van der Waals surface area contributed by atoms with E-state index in [0.29, 0.717) is 28.4 Å². The summed E-state index contributed by atoms with van der Waals surface area (Å²) < 4.78 is 18.7. The number of halogens is 1. The molecule has 6 nitrogen and oxygen atoms in total. The van der Waals surface area contributed by atoms with Crippen LogP contribution in [0.4, 0.5) is 10.1 Å². The summed E-state index contributed by atoms with van der Waals surface area (Å²) in [4.78, 5) is 19.9. The van der Waals surface area contributed by atoms with Crippen LogP contribution in [0.25, 0.3) is 22.7 Å². The Morgan fingerprint density at radius 1 is 1.19 bits per heavy atom. The fourth-order valence-corrected chi connectivity index (χ4v) is 3.16. The maximum Gasteiger partial charge on any atom is 0.262 e. The van der Waals surface area contributed by atoms with Crippen LogP contribution in [0, 0.1) is 24.1 Å². The molecular weight excluding hydrogens is 407 g/mol. The highest BCUT2D eigenvalue weighted by Gasteiger charge is 2.11. The van der Waals surface area contributed by atoms with Gasteiger partial charge in [0.1, 0.15) is 23.5 Å². The molecule has 4 rings (SSSR count). The van der Waals surface area contributed by atoms with Gasteiger partial charge in [0.15, 0.2) is 6.61 Å². The van der Waals surface area contributed by atoms with Crippen molar-refractivity contribution < 1.29 is 13.9 Å². The molecule has 3 aromatic carbocycles. The quantitative estimate of drug-likeness (QED) is 0.420. The number of nitriles is 1. The minimum atomic E-state index is -0.386. The third-order valence-electron chi connectivity index (χ3n) is 4.72. The topological polar surface area (TPSA) is 90.8 Å². The number of anilines is 1. The van der Waals surface area contributed by atoms with Crippen molar-refractivity contribution in [3.05, 3.63) is 89.5 Å². The van der Waals surface area contributed by atoms with E-state index >= 15 is 0 Å². The Hall–Kier alpha value is -4.44. The predicted molar refractivity (Wildman–Crippen MR) is 121 cm³/mol. The van der Waals surface area contributed by atoms with Crippen LogP contribution in [0.2, 0.25) is 0 Å². The van der Waals surface area contributed by atoms with Crippen LogP contribution >= 0.6 is 0 Å². The van der Waals surface area contributed by atoms with E-state index in [1.54, 1.807) is 24.3 Å². The molecule has 0 fully saturated rings. The summed E-state index contributed by atoms with van der Waals surface area (Å²) in [6.07, 6.45) is 1.66. The first-order valence-electron chi connectivity index (χ1n) is 9.87. The molecule has 0 saturated heterocycles. The van der Waals surface area contributed by atoms with Gasteiger partial charge >= 0.3 is 0 Å². The van der Waals surface area contributed by atoms with E-state index in [-0.39, 0.29) is 18.3 Å². The highest BCUT2D eigenvalue weighted by molar-refractivity contribution is 5.93. The molecule has 4 aromatic rings. The van der Waals surface area contributed by atoms with Gasteiger partial charge in [-0.3, -0.25) is 4.79 Å². The van der Waals surface area contributed by atoms with Crippen molar-refractivity contribution in [2.24, 2.45) is 0 Å². The minimum Gasteiger partial charge on any atom is -0.483 e. The summed E-state index contributed by atoms with van der Waals surface area (Å²) in [6, 6.07) is 20.6. The van der Waals surface area contributed by atoms with Gasteiger partial charge in [0.05, 0.1) is 16.6 Å². The Bertz CT molecular complexity index is 1350. The molecule has 32 heavy (non-hydrogen) atoms. The second-order valence-electron chi connectivity index (χ2n) is 7.16. The standard InChI is InChI=1S/C25H19FN4O2/c1-16-6-11-21-22(12-16)30-25(29-21)18(14-27)13-17-4-2-3-5-23(17)32-15-24(31)28-20-9-7-19(26)8-10-20/h2-13H,15H2,1H3,(H,28,31)(H,29,30)/b18-13-. The first-order valence-corrected chi connectivity index (χ1v) is 9.87. The third-order valence-corrected chi connectivity index (χ3v) is 4.72. The van der Waals surface area contributed by atoms with Crippen LogP contribution in [0.15, 0.2) is 66.7 Å². The number of carbonyl (C=O) groups excluding carboxylic acids is 1. The number of nitrogens with one attached hydrogen (secondary N) is 2. The highest BCUT2D eigenvalue weighted by Crippen LogP contribution is 2.25. The van der Waals surface area contributed by atoms with Crippen LogP contribution in [-0.2, 0) is 4.79 Å². The number of rotatable bonds is 6. The van der Waals surface area contributed by atoms with Crippen molar-refractivity contribution in [3.63, 3.8) is 0 Å². The fourth-order valence-electron chi connectivity index (χ4n) is 3.16. The smallest absolute Gasteiger partial charge is 0.262 e. The molecule has 0 atom stereocenters. The lowest BCUT2D eigenvalue weighted by Gasteiger charge is -2.10. The summed E-state index contributed by atoms with van der Waals surface area (Å²) in [6.45, 7) is 1.74. The second kappa shape index (κ2) is 9.14. The molecule has 7 heteroatoms. The van der Waals surface area contributed by atoms with Gasteiger partial charge in [0.2, 0.25) is 0 Å². The number of amides is 1. The number of imidazole rings is 1. The van der Waals surface area contributed by atoms with Gasteiger partial charge in [-0.1, -0.05) is 24.3 Å². The highest BCUT2D eigenvalue weighted by atomic mass is 19.1. The number of benzene rings is 3. The van der Waals surface area contributed by atoms with Gasteiger partial charge in [-0.25, -0.2) is 9.37 Å². The molecular formula is C25H19FN4O2. The average molecular weight is 426 g/mol. The SMILES string of the molecule is Cc1ccc2nc(/C(C#N)=C\c3ccccc3OCC(=O)Nc3ccc(F)cc3)[nH]c2c1. The monoisotopic (exact) mass is 426 g/mol. The zero-order valence-corrected chi connectivity index (χ0v) is 17.2. The first-order chi connectivity index (χ1) is 15.5. The van der Waals surface area contributed by atoms with Crippen molar-refractivity contribution in [2.75, 3.05) is 11.9 Å². The van der Waals surface area contributed by atoms with Gasteiger partial charge in [0.25, 0.3) is 5.91 Å². The molecule has 1 heterocycles. The third kappa shape index (κ3) is 4.82. The molecule has 0 unspecified atom stereocenters. The number of hydrogen-bond donors (Lipinski definition) is 2. The number of aryl methyl sites for hydroxylation is 1. The number of fused-ring (bicyclic) bond motifs is 1. The van der Waals surface area contributed by atoms with E-state index in [0.717, 1.165) is 16.6 Å².